The molecule has 0 heterocycles. The SMILES string of the molecule is Nc1cc(I)ccc1NC(=O)C1CC1. The van der Waals surface area contributed by atoms with Gasteiger partial charge in [0.2, 0.25) is 5.91 Å². The molecule has 4 heteroatoms. The van der Waals surface area contributed by atoms with E-state index in [1.165, 1.54) is 0 Å². The number of hydrogen-bond donors (Lipinski definition) is 2. The molecule has 3 N–H and O–H groups in total. The molecule has 2 rings (SSSR count). The molecule has 1 aromatic carbocycles. The van der Waals surface area contributed by atoms with E-state index in [4.69, 9.17) is 5.73 Å². The first-order valence-corrected chi connectivity index (χ1v) is 5.60. The van der Waals surface area contributed by atoms with E-state index < -0.39 is 0 Å². The molecule has 0 atom stereocenters. The maximum Gasteiger partial charge on any atom is 0.227 e. The fourth-order valence-electron chi connectivity index (χ4n) is 1.23. The van der Waals surface area contributed by atoms with Crippen LogP contribution in [-0.2, 0) is 4.79 Å². The summed E-state index contributed by atoms with van der Waals surface area (Å²) in [5.41, 5.74) is 7.13. The van der Waals surface area contributed by atoms with Crippen LogP contribution in [0.15, 0.2) is 18.2 Å². The van der Waals surface area contributed by atoms with Crippen molar-refractivity contribution in [2.24, 2.45) is 5.92 Å². The first-order valence-electron chi connectivity index (χ1n) is 4.52. The van der Waals surface area contributed by atoms with Crippen LogP contribution in [0.1, 0.15) is 12.8 Å². The summed E-state index contributed by atoms with van der Waals surface area (Å²) in [6.45, 7) is 0. The second-order valence-corrected chi connectivity index (χ2v) is 4.74. The number of halogens is 1. The smallest absolute Gasteiger partial charge is 0.227 e. The van der Waals surface area contributed by atoms with Crippen LogP contribution in [0.2, 0.25) is 0 Å². The number of amides is 1. The molecule has 3 nitrogen and oxygen atoms in total. The largest absolute Gasteiger partial charge is 0.397 e. The number of rotatable bonds is 2. The van der Waals surface area contributed by atoms with Crippen molar-refractivity contribution >= 4 is 39.9 Å². The van der Waals surface area contributed by atoms with Crippen LogP contribution in [0.3, 0.4) is 0 Å². The summed E-state index contributed by atoms with van der Waals surface area (Å²) < 4.78 is 1.07. The number of hydrogen-bond acceptors (Lipinski definition) is 2. The molecule has 0 spiro atoms. The fraction of sp³-hybridized carbons (Fsp3) is 0.300. The Labute approximate surface area is 96.2 Å². The lowest BCUT2D eigenvalue weighted by atomic mass is 10.2. The molecule has 1 aliphatic rings. The van der Waals surface area contributed by atoms with E-state index in [0.29, 0.717) is 5.69 Å². The first-order chi connectivity index (χ1) is 6.66. The molecular weight excluding hydrogens is 291 g/mol. The Morgan fingerprint density at radius 2 is 2.21 bits per heavy atom. The topological polar surface area (TPSA) is 55.1 Å². The molecule has 1 amide bonds. The van der Waals surface area contributed by atoms with Crippen LogP contribution in [-0.4, -0.2) is 5.91 Å². The van der Waals surface area contributed by atoms with Crippen molar-refractivity contribution in [1.29, 1.82) is 0 Å². The summed E-state index contributed by atoms with van der Waals surface area (Å²) in [5.74, 6) is 0.312. The molecule has 0 aliphatic heterocycles. The number of benzene rings is 1. The number of nitrogen functional groups attached to an aromatic ring is 1. The van der Waals surface area contributed by atoms with Gasteiger partial charge in [-0.25, -0.2) is 0 Å². The van der Waals surface area contributed by atoms with Gasteiger partial charge in [0.05, 0.1) is 11.4 Å². The van der Waals surface area contributed by atoms with E-state index >= 15 is 0 Å². The van der Waals surface area contributed by atoms with Gasteiger partial charge >= 0.3 is 0 Å². The van der Waals surface area contributed by atoms with Gasteiger partial charge in [-0.2, -0.15) is 0 Å². The van der Waals surface area contributed by atoms with Crippen LogP contribution >= 0.6 is 22.6 Å². The quantitative estimate of drug-likeness (QED) is 0.650. The highest BCUT2D eigenvalue weighted by Gasteiger charge is 2.29. The Kier molecular flexibility index (Phi) is 2.62. The predicted molar refractivity (Wildman–Crippen MR) is 64.9 cm³/mol. The summed E-state index contributed by atoms with van der Waals surface area (Å²) in [7, 11) is 0. The molecule has 0 saturated heterocycles. The summed E-state index contributed by atoms with van der Waals surface area (Å²) in [6.07, 6.45) is 2.02. The van der Waals surface area contributed by atoms with Crippen LogP contribution in [0.5, 0.6) is 0 Å². The summed E-state index contributed by atoms with van der Waals surface area (Å²) in [6, 6.07) is 5.62. The van der Waals surface area contributed by atoms with Crippen LogP contribution in [0.25, 0.3) is 0 Å². The van der Waals surface area contributed by atoms with Crippen molar-refractivity contribution in [1.82, 2.24) is 0 Å². The Morgan fingerprint density at radius 1 is 1.50 bits per heavy atom. The van der Waals surface area contributed by atoms with E-state index in [2.05, 4.69) is 27.9 Å². The number of carbonyl (C=O) groups is 1. The van der Waals surface area contributed by atoms with Gasteiger partial charge in [0.25, 0.3) is 0 Å². The average Bonchev–Trinajstić information content (AvgIpc) is 2.92. The average molecular weight is 302 g/mol. The Morgan fingerprint density at radius 3 is 2.79 bits per heavy atom. The number of carbonyl (C=O) groups excluding carboxylic acids is 1. The van der Waals surface area contributed by atoms with Gasteiger partial charge in [-0.1, -0.05) is 0 Å². The van der Waals surface area contributed by atoms with Crippen LogP contribution in [0.4, 0.5) is 11.4 Å². The van der Waals surface area contributed by atoms with Crippen molar-refractivity contribution < 1.29 is 4.79 Å². The highest BCUT2D eigenvalue weighted by Crippen LogP contribution is 2.31. The zero-order valence-electron chi connectivity index (χ0n) is 7.59. The van der Waals surface area contributed by atoms with Gasteiger partial charge in [0, 0.05) is 9.49 Å². The van der Waals surface area contributed by atoms with Crippen molar-refractivity contribution in [3.63, 3.8) is 0 Å². The molecule has 1 aromatic rings. The summed E-state index contributed by atoms with van der Waals surface area (Å²) in [4.78, 5) is 11.4. The monoisotopic (exact) mass is 302 g/mol. The van der Waals surface area contributed by atoms with E-state index in [0.717, 1.165) is 22.1 Å². The van der Waals surface area contributed by atoms with Crippen molar-refractivity contribution in [2.45, 2.75) is 12.8 Å². The maximum atomic E-state index is 11.4. The Bertz CT molecular complexity index is 374. The zero-order valence-corrected chi connectivity index (χ0v) is 9.74. The maximum absolute atomic E-state index is 11.4. The molecule has 14 heavy (non-hydrogen) atoms. The third-order valence-corrected chi connectivity index (χ3v) is 2.89. The van der Waals surface area contributed by atoms with Gasteiger partial charge in [0.15, 0.2) is 0 Å². The molecule has 0 bridgehead atoms. The van der Waals surface area contributed by atoms with Crippen LogP contribution in [0, 0.1) is 9.49 Å². The molecule has 1 fully saturated rings. The molecule has 0 aromatic heterocycles. The van der Waals surface area contributed by atoms with Gasteiger partial charge in [-0.15, -0.1) is 0 Å². The zero-order chi connectivity index (χ0) is 10.1. The summed E-state index contributed by atoms with van der Waals surface area (Å²) in [5, 5.41) is 2.83. The Hall–Kier alpha value is -0.780. The minimum atomic E-state index is 0.0953. The van der Waals surface area contributed by atoms with E-state index in [1.54, 1.807) is 0 Å². The van der Waals surface area contributed by atoms with Crippen molar-refractivity contribution in [2.75, 3.05) is 11.1 Å². The van der Waals surface area contributed by atoms with Crippen molar-refractivity contribution in [3.8, 4) is 0 Å². The standard InChI is InChI=1S/C10H11IN2O/c11-7-3-4-9(8(12)5-7)13-10(14)6-1-2-6/h3-6H,1-2,12H2,(H,13,14). The lowest BCUT2D eigenvalue weighted by molar-refractivity contribution is -0.117. The molecule has 1 saturated carbocycles. The Balaban J connectivity index is 2.11. The minimum Gasteiger partial charge on any atom is -0.397 e. The lowest BCUT2D eigenvalue weighted by Crippen LogP contribution is -2.14. The van der Waals surface area contributed by atoms with Gasteiger partial charge in [-0.3, -0.25) is 4.79 Å². The van der Waals surface area contributed by atoms with Gasteiger partial charge < -0.3 is 11.1 Å². The van der Waals surface area contributed by atoms with E-state index in [9.17, 15) is 4.79 Å². The number of anilines is 2. The second kappa shape index (κ2) is 3.76. The fourth-order valence-corrected chi connectivity index (χ4v) is 1.74. The molecule has 0 unspecified atom stereocenters. The molecule has 74 valence electrons. The van der Waals surface area contributed by atoms with Crippen LogP contribution < -0.4 is 11.1 Å². The second-order valence-electron chi connectivity index (χ2n) is 3.50. The highest BCUT2D eigenvalue weighted by atomic mass is 127. The third-order valence-electron chi connectivity index (χ3n) is 2.22. The first kappa shape index (κ1) is 9.76. The van der Waals surface area contributed by atoms with E-state index in [1.807, 2.05) is 18.2 Å². The lowest BCUT2D eigenvalue weighted by Gasteiger charge is -2.07. The molecular formula is C10H11IN2O. The normalized spacial score (nSPS) is 15.2. The third kappa shape index (κ3) is 2.17. The highest BCUT2D eigenvalue weighted by molar-refractivity contribution is 14.1. The van der Waals surface area contributed by atoms with Gasteiger partial charge in [-0.05, 0) is 53.6 Å². The molecule has 1 aliphatic carbocycles. The molecule has 0 radical (unpaired) electrons. The number of nitrogens with two attached hydrogens (primary N) is 1. The predicted octanol–water partition coefficient (Wildman–Crippen LogP) is 2.22. The van der Waals surface area contributed by atoms with E-state index in [-0.39, 0.29) is 11.8 Å². The summed E-state index contributed by atoms with van der Waals surface area (Å²) >= 11 is 2.19. The minimum absolute atomic E-state index is 0.0953. The van der Waals surface area contributed by atoms with Gasteiger partial charge in [0.1, 0.15) is 0 Å². The number of nitrogens with one attached hydrogen (secondary N) is 1. The van der Waals surface area contributed by atoms with Crippen molar-refractivity contribution in [3.05, 3.63) is 21.8 Å².